The number of rotatable bonds is 5. The number of aromatic hydroxyl groups is 1. The summed E-state index contributed by atoms with van der Waals surface area (Å²) in [5, 5.41) is 18.3. The van der Waals surface area contributed by atoms with Crippen molar-refractivity contribution in [1.82, 2.24) is 4.72 Å². The SMILES string of the molecule is CC(C)OC(=O)NS(=O)(=O)Nc1ccc(C(=O)O)cc1O. The number of phenolic OH excluding ortho intramolecular Hbond substituents is 1. The van der Waals surface area contributed by atoms with Crippen LogP contribution < -0.4 is 9.44 Å². The number of anilines is 1. The minimum atomic E-state index is -4.32. The van der Waals surface area contributed by atoms with Gasteiger partial charge in [0.15, 0.2) is 0 Å². The van der Waals surface area contributed by atoms with Gasteiger partial charge in [-0.3, -0.25) is 4.72 Å². The lowest BCUT2D eigenvalue weighted by molar-refractivity contribution is 0.0696. The summed E-state index contributed by atoms with van der Waals surface area (Å²) in [6, 6.07) is 3.00. The lowest BCUT2D eigenvalue weighted by atomic mass is 10.2. The zero-order chi connectivity index (χ0) is 16.2. The summed E-state index contributed by atoms with van der Waals surface area (Å²) >= 11 is 0. The highest BCUT2D eigenvalue weighted by atomic mass is 32.2. The van der Waals surface area contributed by atoms with Crippen LogP contribution >= 0.6 is 0 Å². The molecule has 10 heteroatoms. The lowest BCUT2D eigenvalue weighted by Gasteiger charge is -2.12. The second-order valence-electron chi connectivity index (χ2n) is 4.20. The summed E-state index contributed by atoms with van der Waals surface area (Å²) in [7, 11) is -4.32. The molecule has 0 saturated heterocycles. The molecule has 0 aliphatic carbocycles. The van der Waals surface area contributed by atoms with Crippen LogP contribution in [-0.2, 0) is 14.9 Å². The normalized spacial score (nSPS) is 11.0. The fourth-order valence-corrected chi connectivity index (χ4v) is 2.05. The first-order valence-corrected chi connectivity index (χ1v) is 7.16. The van der Waals surface area contributed by atoms with E-state index in [2.05, 4.69) is 4.74 Å². The van der Waals surface area contributed by atoms with Crippen LogP contribution in [0.2, 0.25) is 0 Å². The standard InChI is InChI=1S/C11H14N2O7S/c1-6(2)20-11(17)13-21(18,19)12-8-4-3-7(10(15)16)5-9(8)14/h3-6,12,14H,1-2H3,(H,13,17)(H,15,16). The number of carboxylic acid groups (broad SMARTS) is 1. The molecule has 4 N–H and O–H groups in total. The molecule has 0 atom stereocenters. The highest BCUT2D eigenvalue weighted by Gasteiger charge is 2.18. The summed E-state index contributed by atoms with van der Waals surface area (Å²) in [6.45, 7) is 3.08. The summed E-state index contributed by atoms with van der Waals surface area (Å²) in [5.74, 6) is -1.88. The van der Waals surface area contributed by atoms with E-state index in [0.29, 0.717) is 0 Å². The first-order chi connectivity index (χ1) is 9.60. The number of phenols is 1. The Balaban J connectivity index is 2.85. The molecule has 21 heavy (non-hydrogen) atoms. The maximum absolute atomic E-state index is 11.6. The Morgan fingerprint density at radius 3 is 2.38 bits per heavy atom. The Kier molecular flexibility index (Phi) is 4.97. The molecule has 1 aromatic rings. The monoisotopic (exact) mass is 318 g/mol. The van der Waals surface area contributed by atoms with Crippen LogP contribution in [0, 0.1) is 0 Å². The lowest BCUT2D eigenvalue weighted by Crippen LogP contribution is -2.36. The fraction of sp³-hybridized carbons (Fsp3) is 0.273. The second kappa shape index (κ2) is 6.31. The number of amides is 1. The van der Waals surface area contributed by atoms with Crippen LogP contribution in [0.3, 0.4) is 0 Å². The van der Waals surface area contributed by atoms with Gasteiger partial charge in [-0.05, 0) is 32.0 Å². The van der Waals surface area contributed by atoms with Gasteiger partial charge in [0.05, 0.1) is 17.4 Å². The molecule has 0 spiro atoms. The number of carboxylic acids is 1. The predicted octanol–water partition coefficient (Wildman–Crippen LogP) is 0.882. The number of carbonyl (C=O) groups is 2. The highest BCUT2D eigenvalue weighted by molar-refractivity contribution is 7.91. The first kappa shape index (κ1) is 16.6. The zero-order valence-corrected chi connectivity index (χ0v) is 12.0. The smallest absolute Gasteiger partial charge is 0.422 e. The van der Waals surface area contributed by atoms with Crippen molar-refractivity contribution in [1.29, 1.82) is 0 Å². The molecule has 0 bridgehead atoms. The summed E-state index contributed by atoms with van der Waals surface area (Å²) in [6.07, 6.45) is -1.69. The summed E-state index contributed by atoms with van der Waals surface area (Å²) in [4.78, 5) is 21.9. The van der Waals surface area contributed by atoms with Gasteiger partial charge >= 0.3 is 22.3 Å². The number of aromatic carboxylic acids is 1. The first-order valence-electron chi connectivity index (χ1n) is 5.68. The van der Waals surface area contributed by atoms with E-state index < -0.39 is 34.1 Å². The van der Waals surface area contributed by atoms with E-state index in [0.717, 1.165) is 18.2 Å². The van der Waals surface area contributed by atoms with E-state index in [-0.39, 0.29) is 11.3 Å². The predicted molar refractivity (Wildman–Crippen MR) is 72.4 cm³/mol. The number of nitrogens with one attached hydrogen (secondary N) is 2. The number of benzene rings is 1. The molecule has 116 valence electrons. The van der Waals surface area contributed by atoms with Crippen molar-refractivity contribution >= 4 is 28.0 Å². The molecule has 1 amide bonds. The zero-order valence-electron chi connectivity index (χ0n) is 11.2. The molecule has 0 aromatic heterocycles. The van der Waals surface area contributed by atoms with Gasteiger partial charge in [0, 0.05) is 0 Å². The van der Waals surface area contributed by atoms with Crippen molar-refractivity contribution in [2.24, 2.45) is 0 Å². The summed E-state index contributed by atoms with van der Waals surface area (Å²) < 4.78 is 31.3. The number of hydrogen-bond acceptors (Lipinski definition) is 6. The third-order valence-corrected chi connectivity index (χ3v) is 2.97. The summed E-state index contributed by atoms with van der Waals surface area (Å²) in [5.41, 5.74) is -0.507. The Bertz CT molecular complexity index is 655. The average Bonchev–Trinajstić information content (AvgIpc) is 2.29. The van der Waals surface area contributed by atoms with Crippen molar-refractivity contribution in [2.75, 3.05) is 4.72 Å². The van der Waals surface area contributed by atoms with Crippen LogP contribution in [0.4, 0.5) is 10.5 Å². The Hall–Kier alpha value is -2.49. The molecule has 0 fully saturated rings. The third-order valence-electron chi connectivity index (χ3n) is 2.05. The van der Waals surface area contributed by atoms with E-state index in [4.69, 9.17) is 5.11 Å². The van der Waals surface area contributed by atoms with E-state index in [1.165, 1.54) is 13.8 Å². The van der Waals surface area contributed by atoms with Crippen molar-refractivity contribution in [2.45, 2.75) is 20.0 Å². The molecular weight excluding hydrogens is 304 g/mol. The quantitative estimate of drug-likeness (QED) is 0.590. The molecule has 0 unspecified atom stereocenters. The number of ether oxygens (including phenoxy) is 1. The van der Waals surface area contributed by atoms with Crippen LogP contribution in [0.25, 0.3) is 0 Å². The molecule has 0 aliphatic heterocycles. The average molecular weight is 318 g/mol. The largest absolute Gasteiger partial charge is 0.506 e. The van der Waals surface area contributed by atoms with Crippen LogP contribution in [0.15, 0.2) is 18.2 Å². The van der Waals surface area contributed by atoms with Gasteiger partial charge in [-0.1, -0.05) is 0 Å². The van der Waals surface area contributed by atoms with Crippen molar-refractivity contribution < 1.29 is 33.0 Å². The van der Waals surface area contributed by atoms with Gasteiger partial charge in [-0.2, -0.15) is 8.42 Å². The van der Waals surface area contributed by atoms with Crippen molar-refractivity contribution in [3.63, 3.8) is 0 Å². The second-order valence-corrected chi connectivity index (χ2v) is 5.61. The molecule has 0 saturated carbocycles. The number of hydrogen-bond donors (Lipinski definition) is 4. The maximum atomic E-state index is 11.6. The molecule has 0 radical (unpaired) electrons. The molecule has 0 aliphatic rings. The molecular formula is C11H14N2O7S. The fourth-order valence-electron chi connectivity index (χ4n) is 1.27. The third kappa shape index (κ3) is 5.18. The Labute approximate surface area is 120 Å². The van der Waals surface area contributed by atoms with E-state index in [9.17, 15) is 23.1 Å². The van der Waals surface area contributed by atoms with Gasteiger partial charge in [0.2, 0.25) is 0 Å². The van der Waals surface area contributed by atoms with Gasteiger partial charge < -0.3 is 14.9 Å². The van der Waals surface area contributed by atoms with Gasteiger partial charge in [0.25, 0.3) is 0 Å². The van der Waals surface area contributed by atoms with Crippen LogP contribution in [-0.4, -0.2) is 36.8 Å². The van der Waals surface area contributed by atoms with Gasteiger partial charge in [0.1, 0.15) is 5.75 Å². The van der Waals surface area contributed by atoms with Crippen LogP contribution in [0.1, 0.15) is 24.2 Å². The van der Waals surface area contributed by atoms with E-state index >= 15 is 0 Å². The van der Waals surface area contributed by atoms with Crippen molar-refractivity contribution in [3.05, 3.63) is 23.8 Å². The van der Waals surface area contributed by atoms with E-state index in [1.807, 2.05) is 4.72 Å². The highest BCUT2D eigenvalue weighted by Crippen LogP contribution is 2.25. The molecule has 9 nitrogen and oxygen atoms in total. The van der Waals surface area contributed by atoms with E-state index in [1.54, 1.807) is 4.72 Å². The maximum Gasteiger partial charge on any atom is 0.422 e. The molecule has 1 aromatic carbocycles. The minimum Gasteiger partial charge on any atom is -0.506 e. The van der Waals surface area contributed by atoms with Gasteiger partial charge in [-0.25, -0.2) is 14.3 Å². The molecule has 1 rings (SSSR count). The topological polar surface area (TPSA) is 142 Å². The Morgan fingerprint density at radius 1 is 1.29 bits per heavy atom. The molecule has 0 heterocycles. The minimum absolute atomic E-state index is 0.220. The Morgan fingerprint density at radius 2 is 1.90 bits per heavy atom. The number of carbonyl (C=O) groups excluding carboxylic acids is 1. The van der Waals surface area contributed by atoms with Crippen molar-refractivity contribution in [3.8, 4) is 5.75 Å². The van der Waals surface area contributed by atoms with Gasteiger partial charge in [-0.15, -0.1) is 0 Å². The van der Waals surface area contributed by atoms with Crippen LogP contribution in [0.5, 0.6) is 5.75 Å².